The fourth-order valence-corrected chi connectivity index (χ4v) is 0.684. The maximum atomic E-state index is 10.9. The molecule has 0 saturated carbocycles. The van der Waals surface area contributed by atoms with Crippen LogP contribution in [0.2, 0.25) is 0 Å². The number of aliphatic carboxylic acids is 1. The van der Waals surface area contributed by atoms with Crippen LogP contribution in [0.3, 0.4) is 0 Å². The maximum absolute atomic E-state index is 10.9. The molecule has 0 aromatic rings. The minimum absolute atomic E-state index is 0. The lowest BCUT2D eigenvalue weighted by Crippen LogP contribution is -2.35. The molecule has 0 fully saturated rings. The second kappa shape index (κ2) is 8.01. The summed E-state index contributed by atoms with van der Waals surface area (Å²) in [6.45, 7) is -0.249. The third-order valence-corrected chi connectivity index (χ3v) is 1.46. The molecule has 2 amide bonds. The van der Waals surface area contributed by atoms with Crippen molar-refractivity contribution in [2.75, 3.05) is 6.54 Å². The summed E-state index contributed by atoms with van der Waals surface area (Å²) in [5.74, 6) is -2.26. The lowest BCUT2D eigenvalue weighted by molar-refractivity contribution is -0.138. The van der Waals surface area contributed by atoms with Gasteiger partial charge in [0.1, 0.15) is 6.04 Å². The third kappa shape index (κ3) is 8.98. The van der Waals surface area contributed by atoms with E-state index < -0.39 is 23.8 Å². The summed E-state index contributed by atoms with van der Waals surface area (Å²) >= 11 is 0. The van der Waals surface area contributed by atoms with E-state index in [1.165, 1.54) is 0 Å². The highest BCUT2D eigenvalue weighted by Crippen LogP contribution is 1.94. The van der Waals surface area contributed by atoms with Gasteiger partial charge in [0.05, 0.1) is 6.54 Å². The predicted octanol–water partition coefficient (Wildman–Crippen LogP) is -1.80. The number of amides is 2. The molecular formula is C7H14ClN3O4. The molecule has 0 heterocycles. The molecule has 0 radical (unpaired) electrons. The summed E-state index contributed by atoms with van der Waals surface area (Å²) in [4.78, 5) is 31.4. The highest BCUT2D eigenvalue weighted by molar-refractivity contribution is 5.85. The Balaban J connectivity index is 0. The van der Waals surface area contributed by atoms with Gasteiger partial charge >= 0.3 is 5.97 Å². The van der Waals surface area contributed by atoms with E-state index in [2.05, 4.69) is 5.32 Å². The first-order valence-electron chi connectivity index (χ1n) is 3.97. The monoisotopic (exact) mass is 239 g/mol. The quantitative estimate of drug-likeness (QED) is 0.434. The van der Waals surface area contributed by atoms with E-state index in [4.69, 9.17) is 16.6 Å². The number of carbonyl (C=O) groups is 3. The first-order valence-corrected chi connectivity index (χ1v) is 3.97. The molecule has 0 bridgehead atoms. The summed E-state index contributed by atoms with van der Waals surface area (Å²) in [5, 5.41) is 10.6. The van der Waals surface area contributed by atoms with E-state index in [0.29, 0.717) is 0 Å². The largest absolute Gasteiger partial charge is 0.480 e. The molecule has 8 heteroatoms. The minimum atomic E-state index is -1.16. The van der Waals surface area contributed by atoms with E-state index in [1.54, 1.807) is 0 Å². The average molecular weight is 240 g/mol. The van der Waals surface area contributed by atoms with Gasteiger partial charge in [-0.05, 0) is 6.42 Å². The standard InChI is InChI=1S/C7H13N3O4.ClH/c8-4(7(13)14)1-2-6(12)10-3-5(9)11;/h4H,1-3,8H2,(H2,9,11)(H,10,12)(H,13,14);1H/t4-;/m0./s1. The molecule has 0 aromatic carbocycles. The van der Waals surface area contributed by atoms with Crippen LogP contribution in [-0.4, -0.2) is 35.5 Å². The van der Waals surface area contributed by atoms with E-state index in [1.807, 2.05) is 0 Å². The Hall–Kier alpha value is -1.34. The second-order valence-electron chi connectivity index (χ2n) is 2.73. The van der Waals surface area contributed by atoms with Gasteiger partial charge in [-0.15, -0.1) is 12.4 Å². The topological polar surface area (TPSA) is 136 Å². The molecule has 0 spiro atoms. The first kappa shape index (κ1) is 16.1. The molecular weight excluding hydrogens is 226 g/mol. The maximum Gasteiger partial charge on any atom is 0.320 e. The van der Waals surface area contributed by atoms with Gasteiger partial charge in [0.15, 0.2) is 0 Å². The molecule has 1 atom stereocenters. The van der Waals surface area contributed by atoms with Gasteiger partial charge in [0.2, 0.25) is 11.8 Å². The Bertz CT molecular complexity index is 246. The second-order valence-corrected chi connectivity index (χ2v) is 2.73. The zero-order valence-corrected chi connectivity index (χ0v) is 8.75. The molecule has 0 saturated heterocycles. The van der Waals surface area contributed by atoms with Crippen molar-refractivity contribution in [1.82, 2.24) is 5.32 Å². The third-order valence-electron chi connectivity index (χ3n) is 1.46. The number of halogens is 1. The van der Waals surface area contributed by atoms with Crippen LogP contribution < -0.4 is 16.8 Å². The van der Waals surface area contributed by atoms with E-state index in [-0.39, 0.29) is 31.8 Å². The number of hydrogen-bond acceptors (Lipinski definition) is 4. The van der Waals surface area contributed by atoms with Crippen LogP contribution in [0.15, 0.2) is 0 Å². The number of carbonyl (C=O) groups excluding carboxylic acids is 2. The zero-order valence-electron chi connectivity index (χ0n) is 7.93. The number of rotatable bonds is 6. The highest BCUT2D eigenvalue weighted by atomic mass is 35.5. The fourth-order valence-electron chi connectivity index (χ4n) is 0.684. The molecule has 15 heavy (non-hydrogen) atoms. The van der Waals surface area contributed by atoms with Gasteiger partial charge in [0, 0.05) is 6.42 Å². The summed E-state index contributed by atoms with van der Waals surface area (Å²) < 4.78 is 0. The molecule has 0 unspecified atom stereocenters. The fraction of sp³-hybridized carbons (Fsp3) is 0.571. The Morgan fingerprint density at radius 1 is 1.33 bits per heavy atom. The van der Waals surface area contributed by atoms with Gasteiger partial charge < -0.3 is 21.9 Å². The normalized spacial score (nSPS) is 11.0. The summed E-state index contributed by atoms with van der Waals surface area (Å²) in [6, 6.07) is -1.06. The lowest BCUT2D eigenvalue weighted by atomic mass is 10.1. The summed E-state index contributed by atoms with van der Waals surface area (Å²) in [5.41, 5.74) is 9.92. The Morgan fingerprint density at radius 2 is 1.87 bits per heavy atom. The number of carboxylic acid groups (broad SMARTS) is 1. The number of nitrogens with two attached hydrogens (primary N) is 2. The van der Waals surface area contributed by atoms with Gasteiger partial charge in [0.25, 0.3) is 0 Å². The minimum Gasteiger partial charge on any atom is -0.480 e. The average Bonchev–Trinajstić information content (AvgIpc) is 2.10. The Labute approximate surface area is 92.6 Å². The molecule has 0 aliphatic rings. The van der Waals surface area contributed by atoms with E-state index in [9.17, 15) is 14.4 Å². The number of nitrogens with one attached hydrogen (secondary N) is 1. The van der Waals surface area contributed by atoms with Gasteiger partial charge in [-0.2, -0.15) is 0 Å². The van der Waals surface area contributed by atoms with Crippen LogP contribution in [0.5, 0.6) is 0 Å². The number of primary amides is 1. The smallest absolute Gasteiger partial charge is 0.320 e. The van der Waals surface area contributed by atoms with Crippen LogP contribution in [0.25, 0.3) is 0 Å². The van der Waals surface area contributed by atoms with Crippen LogP contribution in [0, 0.1) is 0 Å². The van der Waals surface area contributed by atoms with Crippen molar-refractivity contribution in [1.29, 1.82) is 0 Å². The van der Waals surface area contributed by atoms with Crippen molar-refractivity contribution in [2.24, 2.45) is 11.5 Å². The summed E-state index contributed by atoms with van der Waals surface area (Å²) in [6.07, 6.45) is -0.0132. The van der Waals surface area contributed by atoms with Crippen LogP contribution >= 0.6 is 12.4 Å². The Morgan fingerprint density at radius 3 is 2.27 bits per heavy atom. The van der Waals surface area contributed by atoms with Gasteiger partial charge in [-0.3, -0.25) is 14.4 Å². The molecule has 7 nitrogen and oxygen atoms in total. The van der Waals surface area contributed by atoms with Crippen molar-refractivity contribution >= 4 is 30.2 Å². The molecule has 0 aliphatic carbocycles. The zero-order chi connectivity index (χ0) is 11.1. The summed E-state index contributed by atoms with van der Waals surface area (Å²) in [7, 11) is 0. The van der Waals surface area contributed by atoms with E-state index >= 15 is 0 Å². The van der Waals surface area contributed by atoms with Gasteiger partial charge in [-0.1, -0.05) is 0 Å². The lowest BCUT2D eigenvalue weighted by Gasteiger charge is -2.05. The first-order chi connectivity index (χ1) is 6.43. The Kier molecular flexibility index (Phi) is 8.60. The van der Waals surface area contributed by atoms with Crippen LogP contribution in [0.4, 0.5) is 0 Å². The number of carboxylic acids is 1. The molecule has 0 rings (SSSR count). The number of hydrogen-bond donors (Lipinski definition) is 4. The van der Waals surface area contributed by atoms with Crippen molar-refractivity contribution in [3.63, 3.8) is 0 Å². The molecule has 88 valence electrons. The SMILES string of the molecule is Cl.NC(=O)CNC(=O)CC[C@H](N)C(=O)O. The van der Waals surface area contributed by atoms with Gasteiger partial charge in [-0.25, -0.2) is 0 Å². The van der Waals surface area contributed by atoms with E-state index in [0.717, 1.165) is 0 Å². The predicted molar refractivity (Wildman–Crippen MR) is 54.3 cm³/mol. The molecule has 6 N–H and O–H groups in total. The van der Waals surface area contributed by atoms with Crippen molar-refractivity contribution in [2.45, 2.75) is 18.9 Å². The molecule has 0 aliphatic heterocycles. The van der Waals surface area contributed by atoms with Crippen molar-refractivity contribution in [3.8, 4) is 0 Å². The van der Waals surface area contributed by atoms with Crippen molar-refractivity contribution in [3.05, 3.63) is 0 Å². The molecule has 0 aromatic heterocycles. The van der Waals surface area contributed by atoms with Crippen LogP contribution in [0.1, 0.15) is 12.8 Å². The van der Waals surface area contributed by atoms with Crippen molar-refractivity contribution < 1.29 is 19.5 Å². The highest BCUT2D eigenvalue weighted by Gasteiger charge is 2.13. The van der Waals surface area contributed by atoms with Crippen LogP contribution in [-0.2, 0) is 14.4 Å².